The van der Waals surface area contributed by atoms with Crippen LogP contribution in [0.5, 0.6) is 0 Å². The Labute approximate surface area is 159 Å². The van der Waals surface area contributed by atoms with E-state index in [1.165, 1.54) is 18.5 Å². The molecule has 0 aromatic carbocycles. The molecule has 2 amide bonds. The van der Waals surface area contributed by atoms with Gasteiger partial charge in [-0.2, -0.15) is 0 Å². The first-order valence-corrected chi connectivity index (χ1v) is 10.5. The fraction of sp³-hybridized carbons (Fsp3) is 0.810. The Morgan fingerprint density at radius 3 is 2.77 bits per heavy atom. The molecular weight excluding hydrogens is 326 g/mol. The first-order valence-electron chi connectivity index (χ1n) is 10.5. The van der Waals surface area contributed by atoms with E-state index in [9.17, 15) is 9.59 Å². The van der Waals surface area contributed by atoms with Gasteiger partial charge in [-0.25, -0.2) is 0 Å². The first kappa shape index (κ1) is 20.9. The van der Waals surface area contributed by atoms with Crippen molar-refractivity contribution in [3.05, 3.63) is 11.8 Å². The number of likely N-dealkylation sites (tertiary alicyclic amines) is 1. The molecule has 2 rings (SSSR count). The van der Waals surface area contributed by atoms with Crippen LogP contribution >= 0.6 is 0 Å². The molecule has 0 spiro atoms. The molecule has 148 valence electrons. The summed E-state index contributed by atoms with van der Waals surface area (Å²) in [7, 11) is 0. The van der Waals surface area contributed by atoms with Gasteiger partial charge < -0.3 is 10.2 Å². The van der Waals surface area contributed by atoms with Crippen molar-refractivity contribution in [1.29, 1.82) is 0 Å². The molecular formula is C21H37N3O2. The number of allylic oxidation sites excluding steroid dienone is 2. The minimum atomic E-state index is 0.0174. The van der Waals surface area contributed by atoms with Crippen molar-refractivity contribution in [2.45, 2.75) is 65.7 Å². The van der Waals surface area contributed by atoms with E-state index in [2.05, 4.69) is 37.1 Å². The smallest absolute Gasteiger partial charge is 0.240 e. The zero-order valence-corrected chi connectivity index (χ0v) is 16.9. The van der Waals surface area contributed by atoms with Crippen molar-refractivity contribution in [2.24, 2.45) is 11.8 Å². The van der Waals surface area contributed by atoms with E-state index >= 15 is 0 Å². The van der Waals surface area contributed by atoms with Gasteiger partial charge in [0.1, 0.15) is 0 Å². The highest BCUT2D eigenvalue weighted by atomic mass is 16.2. The van der Waals surface area contributed by atoms with Crippen LogP contribution in [-0.2, 0) is 9.59 Å². The highest BCUT2D eigenvalue weighted by molar-refractivity contribution is 5.81. The summed E-state index contributed by atoms with van der Waals surface area (Å²) in [5, 5.41) is 3.05. The Bertz CT molecular complexity index is 501. The number of piperidine rings is 1. The summed E-state index contributed by atoms with van der Waals surface area (Å²) >= 11 is 0. The van der Waals surface area contributed by atoms with E-state index in [0.717, 1.165) is 51.7 Å². The second kappa shape index (κ2) is 10.7. The van der Waals surface area contributed by atoms with Gasteiger partial charge >= 0.3 is 0 Å². The predicted molar refractivity (Wildman–Crippen MR) is 106 cm³/mol. The molecule has 0 aromatic rings. The fourth-order valence-electron chi connectivity index (χ4n) is 3.86. The summed E-state index contributed by atoms with van der Waals surface area (Å²) in [6.45, 7) is 9.92. The molecule has 1 aliphatic heterocycles. The van der Waals surface area contributed by atoms with Crippen LogP contribution in [0.25, 0.3) is 0 Å². The summed E-state index contributed by atoms with van der Waals surface area (Å²) in [4.78, 5) is 29.5. The maximum atomic E-state index is 12.9. The molecule has 5 nitrogen and oxygen atoms in total. The number of rotatable bonds is 8. The Hall–Kier alpha value is -1.36. The zero-order valence-electron chi connectivity index (χ0n) is 16.9. The lowest BCUT2D eigenvalue weighted by molar-refractivity contribution is -0.133. The highest BCUT2D eigenvalue weighted by Gasteiger charge is 2.28. The lowest BCUT2D eigenvalue weighted by Gasteiger charge is -2.34. The van der Waals surface area contributed by atoms with Crippen LogP contribution in [-0.4, -0.2) is 54.3 Å². The van der Waals surface area contributed by atoms with Crippen LogP contribution in [0.4, 0.5) is 0 Å². The number of carbonyl (C=O) groups excluding carboxylic acids is 2. The van der Waals surface area contributed by atoms with Crippen LogP contribution < -0.4 is 5.32 Å². The van der Waals surface area contributed by atoms with Gasteiger partial charge in [0.2, 0.25) is 11.8 Å². The molecule has 0 radical (unpaired) electrons. The van der Waals surface area contributed by atoms with E-state index in [4.69, 9.17) is 0 Å². The Morgan fingerprint density at radius 2 is 2.12 bits per heavy atom. The maximum Gasteiger partial charge on any atom is 0.240 e. The molecule has 1 saturated heterocycles. The number of nitrogens with one attached hydrogen (secondary N) is 1. The molecule has 1 heterocycles. The number of hydrogen-bond acceptors (Lipinski definition) is 3. The molecule has 5 heteroatoms. The molecule has 1 atom stereocenters. The summed E-state index contributed by atoms with van der Waals surface area (Å²) in [5.41, 5.74) is 1.21. The molecule has 1 unspecified atom stereocenters. The number of amides is 2. The van der Waals surface area contributed by atoms with Crippen LogP contribution in [0.3, 0.4) is 0 Å². The molecule has 2 aliphatic rings. The lowest BCUT2D eigenvalue weighted by Crippen LogP contribution is -2.47. The third kappa shape index (κ3) is 6.42. The van der Waals surface area contributed by atoms with Crippen molar-refractivity contribution in [3.63, 3.8) is 0 Å². The molecule has 1 fully saturated rings. The van der Waals surface area contributed by atoms with Crippen LogP contribution in [0.2, 0.25) is 0 Å². The monoisotopic (exact) mass is 363 g/mol. The molecule has 1 N–H and O–H groups in total. The Morgan fingerprint density at radius 1 is 1.31 bits per heavy atom. The number of nitrogens with zero attached hydrogens (tertiary/aromatic N) is 2. The zero-order chi connectivity index (χ0) is 18.9. The minimum absolute atomic E-state index is 0.0174. The molecule has 0 aromatic heterocycles. The Balaban J connectivity index is 1.89. The van der Waals surface area contributed by atoms with E-state index in [1.807, 2.05) is 4.90 Å². The third-order valence-electron chi connectivity index (χ3n) is 5.28. The summed E-state index contributed by atoms with van der Waals surface area (Å²) in [6, 6.07) is 0. The highest BCUT2D eigenvalue weighted by Crippen LogP contribution is 2.22. The van der Waals surface area contributed by atoms with Gasteiger partial charge in [-0.15, -0.1) is 0 Å². The van der Waals surface area contributed by atoms with E-state index in [-0.39, 0.29) is 17.7 Å². The second-order valence-electron chi connectivity index (χ2n) is 8.20. The van der Waals surface area contributed by atoms with Gasteiger partial charge in [-0.3, -0.25) is 14.5 Å². The van der Waals surface area contributed by atoms with Gasteiger partial charge in [0.05, 0.1) is 12.5 Å². The topological polar surface area (TPSA) is 52.7 Å². The van der Waals surface area contributed by atoms with Crippen LogP contribution in [0.15, 0.2) is 11.8 Å². The van der Waals surface area contributed by atoms with Crippen molar-refractivity contribution in [1.82, 2.24) is 15.1 Å². The van der Waals surface area contributed by atoms with Gasteiger partial charge in [-0.1, -0.05) is 26.8 Å². The second-order valence-corrected chi connectivity index (χ2v) is 8.20. The van der Waals surface area contributed by atoms with Gasteiger partial charge in [-0.05, 0) is 57.4 Å². The van der Waals surface area contributed by atoms with Crippen molar-refractivity contribution in [3.8, 4) is 0 Å². The van der Waals surface area contributed by atoms with Gasteiger partial charge in [0, 0.05) is 25.3 Å². The van der Waals surface area contributed by atoms with E-state index < -0.39 is 0 Å². The fourth-order valence-corrected chi connectivity index (χ4v) is 3.86. The van der Waals surface area contributed by atoms with E-state index in [1.54, 1.807) is 0 Å². The van der Waals surface area contributed by atoms with Gasteiger partial charge in [0.25, 0.3) is 0 Å². The maximum absolute atomic E-state index is 12.9. The number of carbonyl (C=O) groups is 2. The lowest BCUT2D eigenvalue weighted by atomic mass is 9.96. The molecule has 26 heavy (non-hydrogen) atoms. The van der Waals surface area contributed by atoms with Crippen LogP contribution in [0, 0.1) is 11.8 Å². The summed E-state index contributed by atoms with van der Waals surface area (Å²) in [5.74, 6) is 0.829. The van der Waals surface area contributed by atoms with Crippen LogP contribution in [0.1, 0.15) is 65.7 Å². The minimum Gasteiger partial charge on any atom is -0.356 e. The average Bonchev–Trinajstić information content (AvgIpc) is 2.65. The molecule has 0 bridgehead atoms. The SMILES string of the molecule is CCCN(C(=O)CN1CCCC(C(=O)NCC(C)C)C1)C1=CCCCC1. The average molecular weight is 364 g/mol. The summed E-state index contributed by atoms with van der Waals surface area (Å²) in [6.07, 6.45) is 9.66. The normalized spacial score (nSPS) is 21.4. The van der Waals surface area contributed by atoms with Crippen molar-refractivity contribution < 1.29 is 9.59 Å². The Kier molecular flexibility index (Phi) is 8.63. The molecule has 0 saturated carbocycles. The van der Waals surface area contributed by atoms with Crippen molar-refractivity contribution in [2.75, 3.05) is 32.7 Å². The standard InChI is InChI=1S/C21H37N3O2/c1-4-12-24(19-10-6-5-7-11-19)20(25)16-23-13-8-9-18(15-23)21(26)22-14-17(2)3/h10,17-18H,4-9,11-16H2,1-3H3,(H,22,26). The quantitative estimate of drug-likeness (QED) is 0.721. The third-order valence-corrected chi connectivity index (χ3v) is 5.28. The first-order chi connectivity index (χ1) is 12.5. The largest absolute Gasteiger partial charge is 0.356 e. The van der Waals surface area contributed by atoms with Gasteiger partial charge in [0.15, 0.2) is 0 Å². The number of hydrogen-bond donors (Lipinski definition) is 1. The summed E-state index contributed by atoms with van der Waals surface area (Å²) < 4.78 is 0. The molecule has 1 aliphatic carbocycles. The van der Waals surface area contributed by atoms with Crippen molar-refractivity contribution >= 4 is 11.8 Å². The predicted octanol–water partition coefficient (Wildman–Crippen LogP) is 3.17. The van der Waals surface area contributed by atoms with E-state index in [0.29, 0.717) is 19.0 Å².